The number of fused-ring (bicyclic) bond motifs is 2. The van der Waals surface area contributed by atoms with Crippen molar-refractivity contribution in [2.45, 2.75) is 52.2 Å². The van der Waals surface area contributed by atoms with Gasteiger partial charge in [0.05, 0.1) is 29.7 Å². The molecule has 6 heteroatoms. The van der Waals surface area contributed by atoms with Crippen LogP contribution in [0.15, 0.2) is 57.7 Å². The van der Waals surface area contributed by atoms with Crippen LogP contribution in [0, 0.1) is 0 Å². The van der Waals surface area contributed by atoms with Crippen molar-refractivity contribution < 1.29 is 18.7 Å². The SMILES string of the molecule is CCCCOc1cccc([C@H]2c3c(oc4ccccc4c3=O)C(=O)N2CCCOC(C)C)c1. The molecule has 0 spiro atoms. The predicted molar refractivity (Wildman–Crippen MR) is 128 cm³/mol. The summed E-state index contributed by atoms with van der Waals surface area (Å²) < 4.78 is 17.5. The fourth-order valence-electron chi connectivity index (χ4n) is 4.21. The zero-order chi connectivity index (χ0) is 23.4. The molecule has 0 N–H and O–H groups in total. The van der Waals surface area contributed by atoms with E-state index in [4.69, 9.17) is 13.9 Å². The summed E-state index contributed by atoms with van der Waals surface area (Å²) in [5, 5.41) is 0.481. The van der Waals surface area contributed by atoms with Gasteiger partial charge in [-0.3, -0.25) is 9.59 Å². The molecule has 1 atom stereocenters. The lowest BCUT2D eigenvalue weighted by atomic mass is 9.98. The third-order valence-electron chi connectivity index (χ3n) is 5.81. The third kappa shape index (κ3) is 4.81. The molecule has 3 aromatic rings. The normalized spacial score (nSPS) is 15.5. The van der Waals surface area contributed by atoms with Gasteiger partial charge in [-0.1, -0.05) is 37.6 Å². The second-order valence-electron chi connectivity index (χ2n) is 8.62. The Balaban J connectivity index is 1.74. The van der Waals surface area contributed by atoms with Gasteiger partial charge in [-0.15, -0.1) is 0 Å². The first-order valence-electron chi connectivity index (χ1n) is 11.7. The monoisotopic (exact) mass is 449 g/mol. The number of hydrogen-bond acceptors (Lipinski definition) is 5. The molecule has 1 aromatic heterocycles. The summed E-state index contributed by atoms with van der Waals surface area (Å²) in [6.45, 7) is 7.70. The van der Waals surface area contributed by atoms with Gasteiger partial charge in [0.25, 0.3) is 5.91 Å². The predicted octanol–water partition coefficient (Wildman–Crippen LogP) is 5.33. The third-order valence-corrected chi connectivity index (χ3v) is 5.81. The van der Waals surface area contributed by atoms with Gasteiger partial charge in [0.15, 0.2) is 5.43 Å². The Hall–Kier alpha value is -3.12. The van der Waals surface area contributed by atoms with Crippen LogP contribution in [-0.4, -0.2) is 36.7 Å². The van der Waals surface area contributed by atoms with Crippen LogP contribution < -0.4 is 10.2 Å². The van der Waals surface area contributed by atoms with Gasteiger partial charge in [0.2, 0.25) is 5.76 Å². The second-order valence-corrected chi connectivity index (χ2v) is 8.62. The number of hydrogen-bond donors (Lipinski definition) is 0. The first-order chi connectivity index (χ1) is 16.0. The van der Waals surface area contributed by atoms with Crippen molar-refractivity contribution in [2.24, 2.45) is 0 Å². The highest BCUT2D eigenvalue weighted by molar-refractivity contribution is 5.99. The maximum Gasteiger partial charge on any atom is 0.290 e. The molecular formula is C27H31NO5. The average Bonchev–Trinajstić information content (AvgIpc) is 3.09. The van der Waals surface area contributed by atoms with Gasteiger partial charge in [-0.05, 0) is 56.5 Å². The minimum absolute atomic E-state index is 0.123. The van der Waals surface area contributed by atoms with Crippen molar-refractivity contribution in [3.8, 4) is 5.75 Å². The Morgan fingerprint density at radius 2 is 1.85 bits per heavy atom. The number of benzene rings is 2. The molecule has 0 aliphatic carbocycles. The molecule has 0 bridgehead atoms. The molecule has 0 unspecified atom stereocenters. The molecule has 33 heavy (non-hydrogen) atoms. The van der Waals surface area contributed by atoms with E-state index in [1.807, 2.05) is 38.1 Å². The summed E-state index contributed by atoms with van der Waals surface area (Å²) in [5.41, 5.74) is 1.50. The van der Waals surface area contributed by atoms with E-state index in [2.05, 4.69) is 6.92 Å². The van der Waals surface area contributed by atoms with Crippen LogP contribution in [0.3, 0.4) is 0 Å². The molecule has 1 aliphatic rings. The highest BCUT2D eigenvalue weighted by Crippen LogP contribution is 2.39. The topological polar surface area (TPSA) is 69.0 Å². The minimum atomic E-state index is -0.526. The number of para-hydroxylation sites is 1. The van der Waals surface area contributed by atoms with Crippen LogP contribution in [-0.2, 0) is 4.74 Å². The summed E-state index contributed by atoms with van der Waals surface area (Å²) >= 11 is 0. The Kier molecular flexibility index (Phi) is 7.14. The summed E-state index contributed by atoms with van der Waals surface area (Å²) in [4.78, 5) is 28.7. The fourth-order valence-corrected chi connectivity index (χ4v) is 4.21. The van der Waals surface area contributed by atoms with Gasteiger partial charge < -0.3 is 18.8 Å². The zero-order valence-corrected chi connectivity index (χ0v) is 19.5. The van der Waals surface area contributed by atoms with Crippen molar-refractivity contribution in [1.29, 1.82) is 0 Å². The van der Waals surface area contributed by atoms with Crippen LogP contribution in [0.2, 0.25) is 0 Å². The molecule has 0 saturated carbocycles. The maximum atomic E-state index is 13.5. The lowest BCUT2D eigenvalue weighted by Gasteiger charge is -2.25. The van der Waals surface area contributed by atoms with Crippen molar-refractivity contribution in [3.05, 3.63) is 75.6 Å². The van der Waals surface area contributed by atoms with Crippen LogP contribution in [0.5, 0.6) is 5.75 Å². The van der Waals surface area contributed by atoms with E-state index in [1.54, 1.807) is 29.2 Å². The highest BCUT2D eigenvalue weighted by Gasteiger charge is 2.42. The van der Waals surface area contributed by atoms with E-state index in [0.29, 0.717) is 42.7 Å². The minimum Gasteiger partial charge on any atom is -0.494 e. The quantitative estimate of drug-likeness (QED) is 0.391. The number of nitrogens with zero attached hydrogens (tertiary/aromatic N) is 1. The summed E-state index contributed by atoms with van der Waals surface area (Å²) in [7, 11) is 0. The number of carbonyl (C=O) groups is 1. The summed E-state index contributed by atoms with van der Waals surface area (Å²) in [6, 6.07) is 14.2. The van der Waals surface area contributed by atoms with Gasteiger partial charge >= 0.3 is 0 Å². The second kappa shape index (κ2) is 10.2. The zero-order valence-electron chi connectivity index (χ0n) is 19.5. The van der Waals surface area contributed by atoms with E-state index in [-0.39, 0.29) is 23.2 Å². The number of unbranched alkanes of at least 4 members (excludes halogenated alkanes) is 1. The number of amides is 1. The van der Waals surface area contributed by atoms with Crippen molar-refractivity contribution >= 4 is 16.9 Å². The molecule has 174 valence electrons. The number of rotatable bonds is 10. The molecule has 0 radical (unpaired) electrons. The van der Waals surface area contributed by atoms with Crippen LogP contribution in [0.1, 0.15) is 67.8 Å². The molecule has 2 heterocycles. The van der Waals surface area contributed by atoms with Crippen LogP contribution in [0.25, 0.3) is 11.0 Å². The number of carbonyl (C=O) groups excluding carboxylic acids is 1. The molecule has 2 aromatic carbocycles. The average molecular weight is 450 g/mol. The van der Waals surface area contributed by atoms with Crippen molar-refractivity contribution in [1.82, 2.24) is 4.90 Å². The smallest absolute Gasteiger partial charge is 0.290 e. The molecule has 0 fully saturated rings. The van der Waals surface area contributed by atoms with Crippen LogP contribution >= 0.6 is 0 Å². The highest BCUT2D eigenvalue weighted by atomic mass is 16.5. The number of ether oxygens (including phenoxy) is 2. The van der Waals surface area contributed by atoms with Crippen molar-refractivity contribution in [2.75, 3.05) is 19.8 Å². The largest absolute Gasteiger partial charge is 0.494 e. The van der Waals surface area contributed by atoms with E-state index < -0.39 is 6.04 Å². The molecule has 0 saturated heterocycles. The molecule has 1 amide bonds. The van der Waals surface area contributed by atoms with Gasteiger partial charge in [0, 0.05) is 13.2 Å². The van der Waals surface area contributed by atoms with E-state index in [1.165, 1.54) is 0 Å². The Morgan fingerprint density at radius 1 is 1.03 bits per heavy atom. The molecular weight excluding hydrogens is 418 g/mol. The summed E-state index contributed by atoms with van der Waals surface area (Å²) in [6.07, 6.45) is 2.80. The standard InChI is InChI=1S/C27H31NO5/c1-4-5-15-32-20-11-8-10-19(17-20)24-23-25(29)21-12-6-7-13-22(21)33-26(23)27(30)28(24)14-9-16-31-18(2)3/h6-8,10-13,17-18,24H,4-5,9,14-16H2,1-3H3/t24-/m0/s1. The van der Waals surface area contributed by atoms with Gasteiger partial charge in [-0.2, -0.15) is 0 Å². The van der Waals surface area contributed by atoms with Gasteiger partial charge in [-0.25, -0.2) is 0 Å². The molecule has 4 rings (SSSR count). The van der Waals surface area contributed by atoms with Crippen molar-refractivity contribution in [3.63, 3.8) is 0 Å². The lowest BCUT2D eigenvalue weighted by molar-refractivity contribution is 0.0593. The van der Waals surface area contributed by atoms with E-state index in [9.17, 15) is 9.59 Å². The fraction of sp³-hybridized carbons (Fsp3) is 0.407. The Bertz CT molecular complexity index is 1180. The van der Waals surface area contributed by atoms with Gasteiger partial charge in [0.1, 0.15) is 11.3 Å². The Labute approximate surface area is 194 Å². The van der Waals surface area contributed by atoms with E-state index in [0.717, 1.165) is 24.2 Å². The van der Waals surface area contributed by atoms with Crippen LogP contribution in [0.4, 0.5) is 0 Å². The Morgan fingerprint density at radius 3 is 2.64 bits per heavy atom. The first kappa shape index (κ1) is 23.1. The molecule has 1 aliphatic heterocycles. The first-order valence-corrected chi connectivity index (χ1v) is 11.7. The molecule has 6 nitrogen and oxygen atoms in total. The van der Waals surface area contributed by atoms with E-state index >= 15 is 0 Å². The lowest BCUT2D eigenvalue weighted by Crippen LogP contribution is -2.31. The maximum absolute atomic E-state index is 13.5. The summed E-state index contributed by atoms with van der Waals surface area (Å²) in [5.74, 6) is 0.598.